The predicted octanol–water partition coefficient (Wildman–Crippen LogP) is 3.47. The number of nitro benzene ring substituents is 1. The molecule has 5 heteroatoms. The molecule has 98 valence electrons. The first-order chi connectivity index (χ1) is 9.06. The van der Waals surface area contributed by atoms with Gasteiger partial charge in [-0.3, -0.25) is 10.1 Å². The number of phenols is 1. The number of nitro groups is 1. The molecule has 0 saturated heterocycles. The zero-order chi connectivity index (χ0) is 13.8. The fourth-order valence-corrected chi connectivity index (χ4v) is 1.84. The Morgan fingerprint density at radius 3 is 2.63 bits per heavy atom. The summed E-state index contributed by atoms with van der Waals surface area (Å²) in [5.41, 5.74) is 1.65. The summed E-state index contributed by atoms with van der Waals surface area (Å²) in [7, 11) is 0. The molecule has 0 spiro atoms. The first-order valence-corrected chi connectivity index (χ1v) is 5.86. The molecule has 0 radical (unpaired) electrons. The average Bonchev–Trinajstić information content (AvgIpc) is 2.39. The summed E-state index contributed by atoms with van der Waals surface area (Å²) in [5.74, 6) is 0.177. The maximum Gasteiger partial charge on any atom is 0.269 e. The number of nitrogens with one attached hydrogen (secondary N) is 1. The maximum atomic E-state index is 10.7. The van der Waals surface area contributed by atoms with Gasteiger partial charge >= 0.3 is 0 Å². The van der Waals surface area contributed by atoms with Crippen molar-refractivity contribution in [3.05, 3.63) is 64.2 Å². The van der Waals surface area contributed by atoms with Crippen molar-refractivity contribution in [3.63, 3.8) is 0 Å². The van der Waals surface area contributed by atoms with Gasteiger partial charge in [-0.1, -0.05) is 18.2 Å². The zero-order valence-electron chi connectivity index (χ0n) is 10.4. The Bertz CT molecular complexity index is 599. The minimum absolute atomic E-state index is 0.0714. The fraction of sp³-hybridized carbons (Fsp3) is 0.143. The van der Waals surface area contributed by atoms with Gasteiger partial charge in [0.05, 0.1) is 4.92 Å². The van der Waals surface area contributed by atoms with E-state index in [4.69, 9.17) is 0 Å². The van der Waals surface area contributed by atoms with Gasteiger partial charge in [-0.05, 0) is 24.6 Å². The van der Waals surface area contributed by atoms with E-state index in [1.807, 2.05) is 19.1 Å². The monoisotopic (exact) mass is 258 g/mol. The lowest BCUT2D eigenvalue weighted by atomic mass is 10.1. The van der Waals surface area contributed by atoms with E-state index >= 15 is 0 Å². The molecule has 0 amide bonds. The summed E-state index contributed by atoms with van der Waals surface area (Å²) >= 11 is 0. The first-order valence-electron chi connectivity index (χ1n) is 5.86. The molecule has 0 aliphatic rings. The van der Waals surface area contributed by atoms with Crippen LogP contribution < -0.4 is 5.32 Å². The molecular weight excluding hydrogens is 244 g/mol. The number of aromatic hydroxyl groups is 1. The summed E-state index contributed by atoms with van der Waals surface area (Å²) < 4.78 is 0. The molecule has 1 atom stereocenters. The van der Waals surface area contributed by atoms with E-state index in [0.29, 0.717) is 0 Å². The molecular formula is C14H14N2O3. The zero-order valence-corrected chi connectivity index (χ0v) is 10.4. The second kappa shape index (κ2) is 5.39. The van der Waals surface area contributed by atoms with Crippen LogP contribution in [0.1, 0.15) is 18.5 Å². The number of non-ortho nitro benzene ring substituents is 1. The Labute approximate surface area is 110 Å². The molecule has 2 rings (SSSR count). The van der Waals surface area contributed by atoms with Crippen molar-refractivity contribution in [2.24, 2.45) is 0 Å². The Hall–Kier alpha value is -2.56. The van der Waals surface area contributed by atoms with Gasteiger partial charge in [0.15, 0.2) is 0 Å². The van der Waals surface area contributed by atoms with Crippen molar-refractivity contribution in [2.75, 3.05) is 5.32 Å². The normalized spacial score (nSPS) is 11.8. The van der Waals surface area contributed by atoms with Crippen LogP contribution in [0.4, 0.5) is 11.4 Å². The third kappa shape index (κ3) is 3.22. The average molecular weight is 258 g/mol. The molecule has 1 unspecified atom stereocenters. The minimum atomic E-state index is -0.412. The van der Waals surface area contributed by atoms with Crippen LogP contribution in [0, 0.1) is 10.1 Å². The highest BCUT2D eigenvalue weighted by molar-refractivity contribution is 5.50. The van der Waals surface area contributed by atoms with Crippen LogP contribution in [0.5, 0.6) is 5.75 Å². The third-order valence-electron chi connectivity index (χ3n) is 2.81. The second-order valence-electron chi connectivity index (χ2n) is 4.27. The van der Waals surface area contributed by atoms with Gasteiger partial charge < -0.3 is 10.4 Å². The molecule has 2 aromatic rings. The Kier molecular flexibility index (Phi) is 3.66. The van der Waals surface area contributed by atoms with Gasteiger partial charge in [0, 0.05) is 29.9 Å². The second-order valence-corrected chi connectivity index (χ2v) is 4.27. The molecule has 0 aliphatic heterocycles. The lowest BCUT2D eigenvalue weighted by Gasteiger charge is -2.15. The van der Waals surface area contributed by atoms with Crippen molar-refractivity contribution < 1.29 is 10.0 Å². The maximum absolute atomic E-state index is 10.7. The van der Waals surface area contributed by atoms with Gasteiger partial charge in [0.2, 0.25) is 0 Å². The summed E-state index contributed by atoms with van der Waals surface area (Å²) in [6, 6.07) is 13.1. The van der Waals surface area contributed by atoms with E-state index in [9.17, 15) is 15.2 Å². The molecule has 0 aromatic heterocycles. The molecule has 0 saturated carbocycles. The lowest BCUT2D eigenvalue weighted by molar-refractivity contribution is -0.384. The van der Waals surface area contributed by atoms with Crippen molar-refractivity contribution in [1.82, 2.24) is 0 Å². The molecule has 0 heterocycles. The Morgan fingerprint density at radius 1 is 1.21 bits per heavy atom. The minimum Gasteiger partial charge on any atom is -0.508 e. The quantitative estimate of drug-likeness (QED) is 0.650. The van der Waals surface area contributed by atoms with Crippen molar-refractivity contribution >= 4 is 11.4 Å². The van der Waals surface area contributed by atoms with Crippen LogP contribution in [0.2, 0.25) is 0 Å². The van der Waals surface area contributed by atoms with Crippen LogP contribution in [0.3, 0.4) is 0 Å². The van der Waals surface area contributed by atoms with Crippen molar-refractivity contribution in [3.8, 4) is 5.75 Å². The number of hydrogen-bond donors (Lipinski definition) is 2. The van der Waals surface area contributed by atoms with Gasteiger partial charge in [-0.25, -0.2) is 0 Å². The van der Waals surface area contributed by atoms with Gasteiger partial charge in [0.25, 0.3) is 5.69 Å². The van der Waals surface area contributed by atoms with Crippen molar-refractivity contribution in [1.29, 1.82) is 0 Å². The number of hydrogen-bond acceptors (Lipinski definition) is 4. The highest BCUT2D eigenvalue weighted by atomic mass is 16.6. The largest absolute Gasteiger partial charge is 0.508 e. The third-order valence-corrected chi connectivity index (χ3v) is 2.81. The summed E-state index contributed by atoms with van der Waals surface area (Å²) in [6.45, 7) is 1.91. The Morgan fingerprint density at radius 2 is 1.95 bits per heavy atom. The van der Waals surface area contributed by atoms with E-state index in [2.05, 4.69) is 5.32 Å². The van der Waals surface area contributed by atoms with Crippen molar-refractivity contribution in [2.45, 2.75) is 13.0 Å². The van der Waals surface area contributed by atoms with E-state index < -0.39 is 4.92 Å². The number of rotatable bonds is 4. The molecule has 0 aliphatic carbocycles. The first kappa shape index (κ1) is 12.9. The molecule has 5 nitrogen and oxygen atoms in total. The smallest absolute Gasteiger partial charge is 0.269 e. The SMILES string of the molecule is CC(Nc1cccc(O)c1)c1cccc([N+](=O)[O-])c1. The Balaban J connectivity index is 2.18. The predicted molar refractivity (Wildman–Crippen MR) is 73.2 cm³/mol. The highest BCUT2D eigenvalue weighted by Crippen LogP contribution is 2.24. The standard InChI is InChI=1S/C14H14N2O3/c1-10(15-12-5-3-7-14(17)9-12)11-4-2-6-13(8-11)16(18)19/h2-10,15,17H,1H3. The van der Waals surface area contributed by atoms with Crippen LogP contribution in [-0.4, -0.2) is 10.0 Å². The van der Waals surface area contributed by atoms with E-state index in [1.54, 1.807) is 30.3 Å². The van der Waals surface area contributed by atoms with Crippen LogP contribution >= 0.6 is 0 Å². The molecule has 2 aromatic carbocycles. The van der Waals surface area contributed by atoms with Gasteiger partial charge in [0.1, 0.15) is 5.75 Å². The molecule has 2 N–H and O–H groups in total. The molecule has 19 heavy (non-hydrogen) atoms. The molecule has 0 fully saturated rings. The van der Waals surface area contributed by atoms with Gasteiger partial charge in [-0.15, -0.1) is 0 Å². The highest BCUT2D eigenvalue weighted by Gasteiger charge is 2.10. The number of nitrogens with zero attached hydrogens (tertiary/aromatic N) is 1. The number of anilines is 1. The number of benzene rings is 2. The summed E-state index contributed by atoms with van der Waals surface area (Å²) in [5, 5.41) is 23.3. The topological polar surface area (TPSA) is 75.4 Å². The molecule has 0 bridgehead atoms. The summed E-state index contributed by atoms with van der Waals surface area (Å²) in [6.07, 6.45) is 0. The van der Waals surface area contributed by atoms with Crippen LogP contribution in [0.25, 0.3) is 0 Å². The van der Waals surface area contributed by atoms with E-state index in [1.165, 1.54) is 6.07 Å². The van der Waals surface area contributed by atoms with E-state index in [-0.39, 0.29) is 17.5 Å². The van der Waals surface area contributed by atoms with Crippen LogP contribution in [-0.2, 0) is 0 Å². The fourth-order valence-electron chi connectivity index (χ4n) is 1.84. The van der Waals surface area contributed by atoms with E-state index in [0.717, 1.165) is 11.3 Å². The van der Waals surface area contributed by atoms with Crippen LogP contribution in [0.15, 0.2) is 48.5 Å². The summed E-state index contributed by atoms with van der Waals surface area (Å²) in [4.78, 5) is 10.3. The number of phenolic OH excluding ortho intramolecular Hbond substituents is 1. The lowest BCUT2D eigenvalue weighted by Crippen LogP contribution is -2.06. The van der Waals surface area contributed by atoms with Gasteiger partial charge in [-0.2, -0.15) is 0 Å².